The summed E-state index contributed by atoms with van der Waals surface area (Å²) in [6, 6.07) is 8.86. The van der Waals surface area contributed by atoms with E-state index in [1.807, 2.05) is 13.1 Å². The molecule has 0 radical (unpaired) electrons. The molecule has 0 N–H and O–H groups in total. The van der Waals surface area contributed by atoms with Gasteiger partial charge in [-0.1, -0.05) is 11.3 Å². The summed E-state index contributed by atoms with van der Waals surface area (Å²) < 4.78 is 1.93. The molecule has 3 aromatic rings. The first-order chi connectivity index (χ1) is 10.0. The minimum absolute atomic E-state index is 0.0996. The van der Waals surface area contributed by atoms with Gasteiger partial charge in [-0.15, -0.1) is 11.3 Å². The van der Waals surface area contributed by atoms with Gasteiger partial charge in [-0.05, 0) is 34.1 Å². The van der Waals surface area contributed by atoms with E-state index in [9.17, 15) is 10.1 Å². The number of hydrogen-bond donors (Lipinski definition) is 0. The van der Waals surface area contributed by atoms with Gasteiger partial charge >= 0.3 is 0 Å². The van der Waals surface area contributed by atoms with Crippen molar-refractivity contribution < 1.29 is 4.92 Å². The fraction of sp³-hybridized carbons (Fsp3) is 0.154. The summed E-state index contributed by atoms with van der Waals surface area (Å²) in [4.78, 5) is 18.2. The predicted molar refractivity (Wildman–Crippen MR) is 90.4 cm³/mol. The van der Waals surface area contributed by atoms with Crippen LogP contribution in [0.1, 0.15) is 4.88 Å². The lowest BCUT2D eigenvalue weighted by Crippen LogP contribution is -2.14. The van der Waals surface area contributed by atoms with Crippen LogP contribution in [0.25, 0.3) is 10.2 Å². The molecule has 8 heteroatoms. The molecule has 0 fully saturated rings. The zero-order valence-corrected chi connectivity index (χ0v) is 14.2. The van der Waals surface area contributed by atoms with Gasteiger partial charge in [0.1, 0.15) is 0 Å². The highest BCUT2D eigenvalue weighted by atomic mass is 79.9. The second-order valence-electron chi connectivity index (χ2n) is 4.47. The molecule has 0 unspecified atom stereocenters. The van der Waals surface area contributed by atoms with Gasteiger partial charge in [-0.3, -0.25) is 10.1 Å². The average Bonchev–Trinajstić information content (AvgIpc) is 3.03. The van der Waals surface area contributed by atoms with Crippen LogP contribution in [-0.2, 0) is 6.54 Å². The molecule has 2 heterocycles. The number of thiazole rings is 1. The lowest BCUT2D eigenvalue weighted by Gasteiger charge is -2.13. The van der Waals surface area contributed by atoms with E-state index in [0.29, 0.717) is 0 Å². The summed E-state index contributed by atoms with van der Waals surface area (Å²) in [6.07, 6.45) is 0. The average molecular weight is 384 g/mol. The fourth-order valence-corrected chi connectivity index (χ4v) is 4.41. The molecule has 0 spiro atoms. The highest BCUT2D eigenvalue weighted by Crippen LogP contribution is 2.32. The second-order valence-corrected chi connectivity index (χ2v) is 8.02. The Bertz CT molecular complexity index is 815. The standard InChI is InChI=1S/C13H10BrN3O2S2/c1-16(7-9-3-5-12(14)20-9)13-15-10-4-2-8(17(18)19)6-11(10)21-13/h2-6H,7H2,1H3. The molecule has 0 aliphatic heterocycles. The maximum atomic E-state index is 10.8. The van der Waals surface area contributed by atoms with Crippen molar-refractivity contribution in [2.24, 2.45) is 0 Å². The third kappa shape index (κ3) is 3.07. The predicted octanol–water partition coefficient (Wildman–Crippen LogP) is 4.66. The third-order valence-electron chi connectivity index (χ3n) is 2.92. The van der Waals surface area contributed by atoms with Crippen LogP contribution in [0.5, 0.6) is 0 Å². The number of thiophene rings is 1. The van der Waals surface area contributed by atoms with Crippen LogP contribution in [0.3, 0.4) is 0 Å². The Morgan fingerprint density at radius 2 is 2.14 bits per heavy atom. The normalized spacial score (nSPS) is 11.0. The first-order valence-corrected chi connectivity index (χ1v) is 8.46. The first-order valence-electron chi connectivity index (χ1n) is 6.03. The molecule has 0 atom stereocenters. The summed E-state index contributed by atoms with van der Waals surface area (Å²) >= 11 is 6.60. The minimum Gasteiger partial charge on any atom is -0.346 e. The van der Waals surface area contributed by atoms with Crippen molar-refractivity contribution in [1.29, 1.82) is 0 Å². The molecule has 0 saturated carbocycles. The summed E-state index contributed by atoms with van der Waals surface area (Å²) in [5.74, 6) is 0. The van der Waals surface area contributed by atoms with Crippen molar-refractivity contribution >= 4 is 59.6 Å². The van der Waals surface area contributed by atoms with E-state index in [4.69, 9.17) is 0 Å². The summed E-state index contributed by atoms with van der Waals surface area (Å²) in [5, 5.41) is 11.7. The Hall–Kier alpha value is -1.51. The highest BCUT2D eigenvalue weighted by Gasteiger charge is 2.13. The van der Waals surface area contributed by atoms with E-state index in [1.54, 1.807) is 23.5 Å². The van der Waals surface area contributed by atoms with E-state index in [2.05, 4.69) is 31.9 Å². The molecular weight excluding hydrogens is 374 g/mol. The van der Waals surface area contributed by atoms with Gasteiger partial charge < -0.3 is 4.90 Å². The van der Waals surface area contributed by atoms with Crippen LogP contribution in [0, 0.1) is 10.1 Å². The molecule has 5 nitrogen and oxygen atoms in total. The van der Waals surface area contributed by atoms with Gasteiger partial charge in [0.25, 0.3) is 5.69 Å². The van der Waals surface area contributed by atoms with Crippen molar-refractivity contribution in [3.05, 3.63) is 49.1 Å². The molecule has 108 valence electrons. The number of rotatable bonds is 4. The molecule has 1 aromatic carbocycles. The first kappa shape index (κ1) is 14.4. The summed E-state index contributed by atoms with van der Waals surface area (Å²) in [5.41, 5.74) is 0.891. The molecule has 0 bridgehead atoms. The van der Waals surface area contributed by atoms with E-state index in [1.165, 1.54) is 22.3 Å². The molecule has 21 heavy (non-hydrogen) atoms. The largest absolute Gasteiger partial charge is 0.346 e. The van der Waals surface area contributed by atoms with Crippen molar-refractivity contribution in [1.82, 2.24) is 4.98 Å². The molecule has 0 saturated heterocycles. The van der Waals surface area contributed by atoms with Gasteiger partial charge in [0, 0.05) is 24.1 Å². The van der Waals surface area contributed by atoms with Crippen LogP contribution >= 0.6 is 38.6 Å². The number of aromatic nitrogens is 1. The number of non-ortho nitro benzene ring substituents is 1. The highest BCUT2D eigenvalue weighted by molar-refractivity contribution is 9.11. The van der Waals surface area contributed by atoms with Crippen LogP contribution < -0.4 is 4.90 Å². The van der Waals surface area contributed by atoms with Gasteiger partial charge in [-0.2, -0.15) is 0 Å². The summed E-state index contributed by atoms with van der Waals surface area (Å²) in [7, 11) is 1.97. The topological polar surface area (TPSA) is 59.3 Å². The minimum atomic E-state index is -0.383. The Morgan fingerprint density at radius 1 is 1.33 bits per heavy atom. The Labute approximate surface area is 137 Å². The number of nitro benzene ring substituents is 1. The van der Waals surface area contributed by atoms with Gasteiger partial charge in [0.2, 0.25) is 0 Å². The number of nitrogens with zero attached hydrogens (tertiary/aromatic N) is 3. The van der Waals surface area contributed by atoms with Crippen molar-refractivity contribution in [3.63, 3.8) is 0 Å². The molecule has 0 aliphatic carbocycles. The van der Waals surface area contributed by atoms with Gasteiger partial charge in [0.05, 0.1) is 25.5 Å². The van der Waals surface area contributed by atoms with Crippen molar-refractivity contribution in [2.45, 2.75) is 6.54 Å². The fourth-order valence-electron chi connectivity index (χ4n) is 1.92. The van der Waals surface area contributed by atoms with Crippen molar-refractivity contribution in [3.8, 4) is 0 Å². The number of benzene rings is 1. The SMILES string of the molecule is CN(Cc1ccc(Br)s1)c1nc2ccc([N+](=O)[O-])cc2s1. The Kier molecular flexibility index (Phi) is 3.92. The number of halogens is 1. The lowest BCUT2D eigenvalue weighted by atomic mass is 10.3. The zero-order valence-electron chi connectivity index (χ0n) is 10.9. The van der Waals surface area contributed by atoms with E-state index in [0.717, 1.165) is 25.7 Å². The van der Waals surface area contributed by atoms with Crippen LogP contribution in [0.2, 0.25) is 0 Å². The smallest absolute Gasteiger partial charge is 0.270 e. The van der Waals surface area contributed by atoms with E-state index < -0.39 is 0 Å². The number of anilines is 1. The van der Waals surface area contributed by atoms with E-state index >= 15 is 0 Å². The maximum absolute atomic E-state index is 10.8. The third-order valence-corrected chi connectivity index (χ3v) is 5.66. The lowest BCUT2D eigenvalue weighted by molar-refractivity contribution is -0.384. The second kappa shape index (κ2) is 5.70. The molecule has 2 aromatic heterocycles. The molecule has 0 aliphatic rings. The van der Waals surface area contributed by atoms with Crippen LogP contribution in [0.4, 0.5) is 10.8 Å². The monoisotopic (exact) mass is 383 g/mol. The maximum Gasteiger partial charge on any atom is 0.270 e. The summed E-state index contributed by atoms with van der Waals surface area (Å²) in [6.45, 7) is 0.762. The van der Waals surface area contributed by atoms with Gasteiger partial charge in [0.15, 0.2) is 5.13 Å². The quantitative estimate of drug-likeness (QED) is 0.485. The number of fused-ring (bicyclic) bond motifs is 1. The van der Waals surface area contributed by atoms with Crippen LogP contribution in [-0.4, -0.2) is 17.0 Å². The molecule has 0 amide bonds. The van der Waals surface area contributed by atoms with Crippen LogP contribution in [0.15, 0.2) is 34.1 Å². The van der Waals surface area contributed by atoms with Gasteiger partial charge in [-0.25, -0.2) is 4.98 Å². The van der Waals surface area contributed by atoms with Crippen molar-refractivity contribution in [2.75, 3.05) is 11.9 Å². The Morgan fingerprint density at radius 3 is 2.81 bits per heavy atom. The molecular formula is C13H10BrN3O2S2. The number of hydrogen-bond acceptors (Lipinski definition) is 6. The molecule has 3 rings (SSSR count). The number of nitro groups is 1. The zero-order chi connectivity index (χ0) is 15.0. The Balaban J connectivity index is 1.87. The van der Waals surface area contributed by atoms with E-state index in [-0.39, 0.29) is 10.6 Å².